The standard InChI is InChI=1S/C16H22N2O3/c1-12-9-11-18(14(12)15(19)20)16(21)17-10-5-8-13-6-3-2-4-7-13/h2-4,6-7,12,14H,5,8-11H2,1H3,(H,17,21)(H,19,20). The van der Waals surface area contributed by atoms with Gasteiger partial charge in [0.25, 0.3) is 0 Å². The van der Waals surface area contributed by atoms with Crippen LogP contribution < -0.4 is 5.32 Å². The molecule has 2 amide bonds. The lowest BCUT2D eigenvalue weighted by molar-refractivity contribution is -0.142. The number of nitrogens with zero attached hydrogens (tertiary/aromatic N) is 1. The molecule has 1 fully saturated rings. The lowest BCUT2D eigenvalue weighted by atomic mass is 10.0. The van der Waals surface area contributed by atoms with Gasteiger partial charge in [0.2, 0.25) is 0 Å². The highest BCUT2D eigenvalue weighted by Gasteiger charge is 2.39. The van der Waals surface area contributed by atoms with Gasteiger partial charge in [0.1, 0.15) is 6.04 Å². The minimum Gasteiger partial charge on any atom is -0.480 e. The van der Waals surface area contributed by atoms with E-state index in [1.54, 1.807) is 0 Å². The zero-order valence-corrected chi connectivity index (χ0v) is 12.3. The number of carbonyl (C=O) groups excluding carboxylic acids is 1. The van der Waals surface area contributed by atoms with E-state index in [2.05, 4.69) is 17.4 Å². The first-order chi connectivity index (χ1) is 10.1. The predicted octanol–water partition coefficient (Wildman–Crippen LogP) is 2.12. The number of carbonyl (C=O) groups is 2. The summed E-state index contributed by atoms with van der Waals surface area (Å²) in [5, 5.41) is 12.0. The molecule has 1 heterocycles. The summed E-state index contributed by atoms with van der Waals surface area (Å²) in [7, 11) is 0. The Labute approximate surface area is 125 Å². The summed E-state index contributed by atoms with van der Waals surface area (Å²) in [5.74, 6) is -0.906. The number of benzene rings is 1. The molecule has 0 spiro atoms. The first kappa shape index (κ1) is 15.4. The van der Waals surface area contributed by atoms with Gasteiger partial charge in [-0.1, -0.05) is 37.3 Å². The maximum atomic E-state index is 12.1. The van der Waals surface area contributed by atoms with Crippen molar-refractivity contribution in [3.05, 3.63) is 35.9 Å². The average Bonchev–Trinajstić information content (AvgIpc) is 2.86. The van der Waals surface area contributed by atoms with Crippen LogP contribution in [0.4, 0.5) is 4.79 Å². The Bertz CT molecular complexity index is 490. The molecular formula is C16H22N2O3. The first-order valence-electron chi connectivity index (χ1n) is 7.41. The van der Waals surface area contributed by atoms with Crippen LogP contribution in [0.5, 0.6) is 0 Å². The Morgan fingerprint density at radius 3 is 2.71 bits per heavy atom. The lowest BCUT2D eigenvalue weighted by Gasteiger charge is -2.23. The van der Waals surface area contributed by atoms with Crippen molar-refractivity contribution in [1.82, 2.24) is 10.2 Å². The number of hydrogen-bond acceptors (Lipinski definition) is 2. The molecule has 5 nitrogen and oxygen atoms in total. The van der Waals surface area contributed by atoms with Gasteiger partial charge in [0.05, 0.1) is 0 Å². The number of likely N-dealkylation sites (tertiary alicyclic amines) is 1. The molecule has 1 aromatic carbocycles. The summed E-state index contributed by atoms with van der Waals surface area (Å²) < 4.78 is 0. The number of nitrogens with one attached hydrogen (secondary N) is 1. The van der Waals surface area contributed by atoms with E-state index in [9.17, 15) is 14.7 Å². The SMILES string of the molecule is CC1CCN(C(=O)NCCCc2ccccc2)C1C(=O)O. The van der Waals surface area contributed by atoms with E-state index in [-0.39, 0.29) is 11.9 Å². The summed E-state index contributed by atoms with van der Waals surface area (Å²) in [6, 6.07) is 9.13. The van der Waals surface area contributed by atoms with E-state index in [1.165, 1.54) is 10.5 Å². The molecule has 0 saturated carbocycles. The molecule has 5 heteroatoms. The fraction of sp³-hybridized carbons (Fsp3) is 0.500. The molecule has 1 aliphatic rings. The number of hydrogen-bond donors (Lipinski definition) is 2. The fourth-order valence-electron chi connectivity index (χ4n) is 2.79. The average molecular weight is 290 g/mol. The van der Waals surface area contributed by atoms with Crippen LogP contribution in [-0.4, -0.2) is 41.1 Å². The van der Waals surface area contributed by atoms with Gasteiger partial charge in [0.15, 0.2) is 0 Å². The van der Waals surface area contributed by atoms with Gasteiger partial charge in [-0.15, -0.1) is 0 Å². The smallest absolute Gasteiger partial charge is 0.326 e. The number of aliphatic carboxylic acids is 1. The molecule has 0 radical (unpaired) electrons. The highest BCUT2D eigenvalue weighted by molar-refractivity contribution is 5.83. The van der Waals surface area contributed by atoms with Crippen LogP contribution in [0.25, 0.3) is 0 Å². The van der Waals surface area contributed by atoms with Crippen molar-refractivity contribution in [2.24, 2.45) is 5.92 Å². The van der Waals surface area contributed by atoms with Crippen molar-refractivity contribution < 1.29 is 14.7 Å². The van der Waals surface area contributed by atoms with Gasteiger partial charge in [-0.25, -0.2) is 9.59 Å². The van der Waals surface area contributed by atoms with Crippen LogP contribution in [0.1, 0.15) is 25.3 Å². The third kappa shape index (κ3) is 3.97. The van der Waals surface area contributed by atoms with Crippen LogP contribution in [0.2, 0.25) is 0 Å². The molecule has 1 saturated heterocycles. The number of urea groups is 1. The maximum absolute atomic E-state index is 12.1. The lowest BCUT2D eigenvalue weighted by Crippen LogP contribution is -2.47. The first-order valence-corrected chi connectivity index (χ1v) is 7.41. The highest BCUT2D eigenvalue weighted by Crippen LogP contribution is 2.23. The zero-order chi connectivity index (χ0) is 15.2. The van der Waals surface area contributed by atoms with Gasteiger partial charge in [0, 0.05) is 13.1 Å². The van der Waals surface area contributed by atoms with Gasteiger partial charge >= 0.3 is 12.0 Å². The van der Waals surface area contributed by atoms with Crippen LogP contribution in [0, 0.1) is 5.92 Å². The number of amides is 2. The van der Waals surface area contributed by atoms with Gasteiger partial charge in [-0.05, 0) is 30.7 Å². The van der Waals surface area contributed by atoms with Crippen molar-refractivity contribution in [1.29, 1.82) is 0 Å². The van der Waals surface area contributed by atoms with Crippen molar-refractivity contribution in [3.63, 3.8) is 0 Å². The third-order valence-electron chi connectivity index (χ3n) is 3.98. The molecule has 2 rings (SSSR count). The molecular weight excluding hydrogens is 268 g/mol. The van der Waals surface area contributed by atoms with E-state index >= 15 is 0 Å². The molecule has 114 valence electrons. The van der Waals surface area contributed by atoms with Crippen LogP contribution in [-0.2, 0) is 11.2 Å². The summed E-state index contributed by atoms with van der Waals surface area (Å²) >= 11 is 0. The Morgan fingerprint density at radius 2 is 2.05 bits per heavy atom. The zero-order valence-electron chi connectivity index (χ0n) is 12.3. The van der Waals surface area contributed by atoms with E-state index in [0.29, 0.717) is 13.1 Å². The Kier molecular flexibility index (Phi) is 5.20. The predicted molar refractivity (Wildman–Crippen MR) is 80.1 cm³/mol. The number of aryl methyl sites for hydroxylation is 1. The second-order valence-electron chi connectivity index (χ2n) is 5.56. The summed E-state index contributed by atoms with van der Waals surface area (Å²) in [4.78, 5) is 24.7. The van der Waals surface area contributed by atoms with Crippen molar-refractivity contribution in [2.45, 2.75) is 32.2 Å². The Hall–Kier alpha value is -2.04. The molecule has 2 N–H and O–H groups in total. The van der Waals surface area contributed by atoms with E-state index in [0.717, 1.165) is 19.3 Å². The van der Waals surface area contributed by atoms with Crippen LogP contribution >= 0.6 is 0 Å². The molecule has 0 aliphatic carbocycles. The largest absolute Gasteiger partial charge is 0.480 e. The monoisotopic (exact) mass is 290 g/mol. The Morgan fingerprint density at radius 1 is 1.33 bits per heavy atom. The number of carboxylic acid groups (broad SMARTS) is 1. The van der Waals surface area contributed by atoms with Gasteiger partial charge in [-0.2, -0.15) is 0 Å². The quantitative estimate of drug-likeness (QED) is 0.816. The second-order valence-corrected chi connectivity index (χ2v) is 5.56. The fourth-order valence-corrected chi connectivity index (χ4v) is 2.79. The molecule has 2 atom stereocenters. The van der Waals surface area contributed by atoms with Crippen molar-refractivity contribution >= 4 is 12.0 Å². The highest BCUT2D eigenvalue weighted by atomic mass is 16.4. The molecule has 1 aliphatic heterocycles. The van der Waals surface area contributed by atoms with Gasteiger partial charge in [-0.3, -0.25) is 0 Å². The minimum atomic E-state index is -0.917. The van der Waals surface area contributed by atoms with E-state index in [4.69, 9.17) is 0 Å². The summed E-state index contributed by atoms with van der Waals surface area (Å²) in [5.41, 5.74) is 1.24. The van der Waals surface area contributed by atoms with Crippen molar-refractivity contribution in [3.8, 4) is 0 Å². The second kappa shape index (κ2) is 7.11. The number of carboxylic acids is 1. The normalized spacial score (nSPS) is 21.3. The Balaban J connectivity index is 1.76. The molecule has 1 aromatic rings. The van der Waals surface area contributed by atoms with Crippen molar-refractivity contribution in [2.75, 3.05) is 13.1 Å². The molecule has 21 heavy (non-hydrogen) atoms. The third-order valence-corrected chi connectivity index (χ3v) is 3.98. The minimum absolute atomic E-state index is 0.0116. The van der Waals surface area contributed by atoms with E-state index in [1.807, 2.05) is 25.1 Å². The maximum Gasteiger partial charge on any atom is 0.326 e. The molecule has 0 bridgehead atoms. The topological polar surface area (TPSA) is 69.6 Å². The van der Waals surface area contributed by atoms with E-state index < -0.39 is 12.0 Å². The van der Waals surface area contributed by atoms with Crippen LogP contribution in [0.3, 0.4) is 0 Å². The van der Waals surface area contributed by atoms with Crippen LogP contribution in [0.15, 0.2) is 30.3 Å². The molecule has 0 aromatic heterocycles. The summed E-state index contributed by atoms with van der Waals surface area (Å²) in [6.07, 6.45) is 2.49. The molecule has 2 unspecified atom stereocenters. The van der Waals surface area contributed by atoms with Gasteiger partial charge < -0.3 is 15.3 Å². The summed E-state index contributed by atoms with van der Waals surface area (Å²) in [6.45, 7) is 2.95. The number of rotatable bonds is 5.